The van der Waals surface area contributed by atoms with Gasteiger partial charge < -0.3 is 9.80 Å². The third kappa shape index (κ3) is 5.80. The maximum Gasteiger partial charge on any atom is 0.245 e. The Bertz CT molecular complexity index is 1640. The van der Waals surface area contributed by atoms with Crippen molar-refractivity contribution in [2.45, 2.75) is 35.1 Å². The molecule has 0 saturated carbocycles. The molecular formula is C38H32N2O2S2. The number of thioether (sulfide) groups is 2. The van der Waals surface area contributed by atoms with E-state index in [0.29, 0.717) is 13.1 Å². The predicted molar refractivity (Wildman–Crippen MR) is 183 cm³/mol. The van der Waals surface area contributed by atoms with Crippen molar-refractivity contribution in [1.82, 2.24) is 0 Å². The maximum atomic E-state index is 14.2. The molecule has 5 aromatic carbocycles. The van der Waals surface area contributed by atoms with Crippen molar-refractivity contribution in [3.8, 4) is 0 Å². The van der Waals surface area contributed by atoms with E-state index in [9.17, 15) is 9.59 Å². The number of amides is 2. The molecule has 5 aromatic rings. The Morgan fingerprint density at radius 1 is 0.455 bits per heavy atom. The number of carbonyl (C=O) groups excluding carboxylic acids is 2. The van der Waals surface area contributed by atoms with Gasteiger partial charge in [-0.05, 0) is 45.5 Å². The minimum absolute atomic E-state index is 0.0999. The highest BCUT2D eigenvalue weighted by Gasteiger charge is 2.44. The largest absolute Gasteiger partial charge is 0.306 e. The van der Waals surface area contributed by atoms with Gasteiger partial charge in [-0.1, -0.05) is 121 Å². The summed E-state index contributed by atoms with van der Waals surface area (Å²) < 4.78 is 0. The molecule has 0 N–H and O–H groups in total. The van der Waals surface area contributed by atoms with Gasteiger partial charge in [-0.2, -0.15) is 0 Å². The summed E-state index contributed by atoms with van der Waals surface area (Å²) >= 11 is 3.33. The van der Waals surface area contributed by atoms with Crippen molar-refractivity contribution in [2.75, 3.05) is 9.80 Å². The smallest absolute Gasteiger partial charge is 0.245 e. The molecule has 2 heterocycles. The molecule has 44 heavy (non-hydrogen) atoms. The zero-order chi connectivity index (χ0) is 29.9. The maximum absolute atomic E-state index is 14.2. The molecule has 4 nitrogen and oxygen atoms in total. The van der Waals surface area contributed by atoms with E-state index in [2.05, 4.69) is 60.7 Å². The number of benzene rings is 5. The standard InChI is InChI=1S/C38H32N2O2S2/c41-37-35(43-25-29-17-9-3-10-18-29)31-21-32-34(22-33(31)39(37)23-27-13-5-1-6-14-27)40(24-28-15-7-2-8-16-28)38(42)36(32)44-26-30-19-11-4-12-20-30/h1-22,35-36H,23-26H2. The highest BCUT2D eigenvalue weighted by atomic mass is 32.2. The number of hydrogen-bond acceptors (Lipinski definition) is 4. The molecule has 0 spiro atoms. The number of rotatable bonds is 10. The molecule has 218 valence electrons. The van der Waals surface area contributed by atoms with Crippen molar-refractivity contribution >= 4 is 46.7 Å². The summed E-state index contributed by atoms with van der Waals surface area (Å²) in [4.78, 5) is 32.2. The topological polar surface area (TPSA) is 40.6 Å². The molecule has 0 aromatic heterocycles. The lowest BCUT2D eigenvalue weighted by Crippen LogP contribution is -2.29. The van der Waals surface area contributed by atoms with Gasteiger partial charge in [-0.3, -0.25) is 9.59 Å². The molecule has 0 saturated heterocycles. The zero-order valence-corrected chi connectivity index (χ0v) is 25.8. The predicted octanol–water partition coefficient (Wildman–Crippen LogP) is 8.73. The lowest BCUT2D eigenvalue weighted by atomic mass is 10.0. The lowest BCUT2D eigenvalue weighted by Gasteiger charge is -2.21. The van der Waals surface area contributed by atoms with Gasteiger partial charge in [0.05, 0.1) is 24.5 Å². The number of carbonyl (C=O) groups is 2. The fraction of sp³-hybridized carbons (Fsp3) is 0.158. The third-order valence-electron chi connectivity index (χ3n) is 8.19. The fourth-order valence-corrected chi connectivity index (χ4v) is 8.35. The van der Waals surface area contributed by atoms with E-state index in [1.807, 2.05) is 82.6 Å². The van der Waals surface area contributed by atoms with Crippen LogP contribution in [0, 0.1) is 0 Å². The molecule has 0 fully saturated rings. The van der Waals surface area contributed by atoms with Crippen molar-refractivity contribution in [3.05, 3.63) is 167 Å². The van der Waals surface area contributed by atoms with E-state index in [1.165, 1.54) is 11.1 Å². The summed E-state index contributed by atoms with van der Waals surface area (Å²) in [5.74, 6) is 1.67. The summed E-state index contributed by atoms with van der Waals surface area (Å²) in [5.41, 5.74) is 8.36. The molecule has 0 aliphatic carbocycles. The Labute approximate surface area is 267 Å². The van der Waals surface area contributed by atoms with Gasteiger partial charge in [0.2, 0.25) is 11.8 Å². The Morgan fingerprint density at radius 3 is 1.16 bits per heavy atom. The molecule has 2 aliphatic heterocycles. The average Bonchev–Trinajstić information content (AvgIpc) is 3.47. The molecule has 7 rings (SSSR count). The van der Waals surface area contributed by atoms with E-state index >= 15 is 0 Å². The van der Waals surface area contributed by atoms with Crippen molar-refractivity contribution in [2.24, 2.45) is 0 Å². The molecule has 0 radical (unpaired) electrons. The van der Waals surface area contributed by atoms with Crippen molar-refractivity contribution < 1.29 is 9.59 Å². The molecule has 2 unspecified atom stereocenters. The second-order valence-corrected chi connectivity index (χ2v) is 13.3. The van der Waals surface area contributed by atoms with Crippen LogP contribution in [0.5, 0.6) is 0 Å². The van der Waals surface area contributed by atoms with Crippen LogP contribution in [-0.2, 0) is 34.2 Å². The minimum atomic E-state index is -0.336. The van der Waals surface area contributed by atoms with Gasteiger partial charge in [0.25, 0.3) is 0 Å². The Morgan fingerprint density at radius 2 is 0.795 bits per heavy atom. The minimum Gasteiger partial charge on any atom is -0.306 e. The first-order valence-corrected chi connectivity index (χ1v) is 16.9. The van der Waals surface area contributed by atoms with Crippen LogP contribution in [0.3, 0.4) is 0 Å². The average molecular weight is 613 g/mol. The molecule has 2 amide bonds. The lowest BCUT2D eigenvalue weighted by molar-refractivity contribution is -0.118. The molecule has 0 bridgehead atoms. The molecular weight excluding hydrogens is 581 g/mol. The van der Waals surface area contributed by atoms with Gasteiger partial charge in [0, 0.05) is 11.5 Å². The van der Waals surface area contributed by atoms with E-state index < -0.39 is 0 Å². The van der Waals surface area contributed by atoms with Crippen LogP contribution in [0.15, 0.2) is 133 Å². The van der Waals surface area contributed by atoms with Gasteiger partial charge in [0.15, 0.2) is 0 Å². The highest BCUT2D eigenvalue weighted by Crippen LogP contribution is 2.53. The number of hydrogen-bond donors (Lipinski definition) is 0. The van der Waals surface area contributed by atoms with Crippen LogP contribution in [0.1, 0.15) is 43.9 Å². The number of fused-ring (bicyclic) bond motifs is 2. The summed E-state index contributed by atoms with van der Waals surface area (Å²) in [5, 5.41) is -0.672. The quantitative estimate of drug-likeness (QED) is 0.158. The second-order valence-electron chi connectivity index (χ2n) is 11.1. The number of nitrogens with zero attached hydrogens (tertiary/aromatic N) is 2. The fourth-order valence-electron chi connectivity index (χ4n) is 5.97. The van der Waals surface area contributed by atoms with Crippen molar-refractivity contribution in [1.29, 1.82) is 0 Å². The first kappa shape index (κ1) is 28.5. The Hall–Kier alpha value is -4.26. The normalized spacial score (nSPS) is 17.2. The summed E-state index contributed by atoms with van der Waals surface area (Å²) in [6.07, 6.45) is 0. The van der Waals surface area contributed by atoms with Crippen molar-refractivity contribution in [3.63, 3.8) is 0 Å². The van der Waals surface area contributed by atoms with Crippen LogP contribution in [-0.4, -0.2) is 11.8 Å². The van der Waals surface area contributed by atoms with E-state index in [0.717, 1.165) is 45.1 Å². The SMILES string of the molecule is O=C1C(SCc2ccccc2)c2cc3c(cc2N1Cc1ccccc1)N(Cc1ccccc1)C(=O)C3SCc1ccccc1. The second kappa shape index (κ2) is 12.8. The Kier molecular flexibility index (Phi) is 8.27. The zero-order valence-electron chi connectivity index (χ0n) is 24.2. The third-order valence-corrected chi connectivity index (χ3v) is 10.8. The van der Waals surface area contributed by atoms with Crippen LogP contribution >= 0.6 is 23.5 Å². The van der Waals surface area contributed by atoms with Gasteiger partial charge in [-0.25, -0.2) is 0 Å². The van der Waals surface area contributed by atoms with E-state index in [-0.39, 0.29) is 22.3 Å². The molecule has 2 atom stereocenters. The molecule has 6 heteroatoms. The monoisotopic (exact) mass is 612 g/mol. The van der Waals surface area contributed by atoms with Crippen LogP contribution < -0.4 is 9.80 Å². The summed E-state index contributed by atoms with van der Waals surface area (Å²) in [6.45, 7) is 0.985. The first-order valence-electron chi connectivity index (χ1n) is 14.9. The van der Waals surface area contributed by atoms with E-state index in [1.54, 1.807) is 23.5 Å². The number of anilines is 2. The summed E-state index contributed by atoms with van der Waals surface area (Å²) in [7, 11) is 0. The van der Waals surface area contributed by atoms with Crippen LogP contribution in [0.2, 0.25) is 0 Å². The summed E-state index contributed by atoms with van der Waals surface area (Å²) in [6, 6.07) is 45.2. The van der Waals surface area contributed by atoms with Gasteiger partial charge >= 0.3 is 0 Å². The van der Waals surface area contributed by atoms with Crippen LogP contribution in [0.4, 0.5) is 11.4 Å². The highest BCUT2D eigenvalue weighted by molar-refractivity contribution is 7.99. The van der Waals surface area contributed by atoms with Crippen LogP contribution in [0.25, 0.3) is 0 Å². The first-order chi connectivity index (χ1) is 21.7. The Balaban J connectivity index is 1.29. The van der Waals surface area contributed by atoms with Gasteiger partial charge in [0.1, 0.15) is 10.5 Å². The van der Waals surface area contributed by atoms with Gasteiger partial charge in [-0.15, -0.1) is 23.5 Å². The molecule has 2 aliphatic rings. The van der Waals surface area contributed by atoms with E-state index in [4.69, 9.17) is 0 Å².